The van der Waals surface area contributed by atoms with Gasteiger partial charge in [0.2, 0.25) is 10.0 Å². The Kier molecular flexibility index (Phi) is 7.29. The lowest BCUT2D eigenvalue weighted by atomic mass is 10.4. The molecule has 18 heavy (non-hydrogen) atoms. The van der Waals surface area contributed by atoms with Crippen molar-refractivity contribution in [2.75, 3.05) is 32.4 Å². The molecule has 0 atom stereocenters. The number of carbonyl (C=O) groups excluding carboxylic acids is 1. The number of urea groups is 1. The molecule has 0 aliphatic rings. The minimum absolute atomic E-state index is 0.226. The second kappa shape index (κ2) is 7.88. The van der Waals surface area contributed by atoms with Crippen molar-refractivity contribution in [1.82, 2.24) is 14.9 Å². The zero-order chi connectivity index (χ0) is 14.2. The van der Waals surface area contributed by atoms with Gasteiger partial charge in [0.1, 0.15) is 6.54 Å². The summed E-state index contributed by atoms with van der Waals surface area (Å²) in [5.41, 5.74) is 0. The van der Waals surface area contributed by atoms with Crippen molar-refractivity contribution < 1.29 is 23.1 Å². The molecule has 0 aliphatic heterocycles. The first-order valence-corrected chi connectivity index (χ1v) is 7.34. The first-order valence-electron chi connectivity index (χ1n) is 5.45. The first-order chi connectivity index (χ1) is 8.26. The molecular weight excluding hydrogens is 262 g/mol. The second-order valence-corrected chi connectivity index (χ2v) is 5.49. The third-order valence-electron chi connectivity index (χ3n) is 1.99. The van der Waals surface area contributed by atoms with Crippen molar-refractivity contribution in [3.8, 4) is 0 Å². The minimum Gasteiger partial charge on any atom is -0.480 e. The predicted octanol–water partition coefficient (Wildman–Crippen LogP) is -0.958. The van der Waals surface area contributed by atoms with E-state index in [4.69, 9.17) is 5.11 Å². The quantitative estimate of drug-likeness (QED) is 0.496. The van der Waals surface area contributed by atoms with Gasteiger partial charge in [-0.2, -0.15) is 0 Å². The third kappa shape index (κ3) is 8.76. The van der Waals surface area contributed by atoms with Crippen LogP contribution < -0.4 is 10.0 Å². The Morgan fingerprint density at radius 1 is 1.28 bits per heavy atom. The molecule has 0 fully saturated rings. The maximum absolute atomic E-state index is 11.5. The Hall–Kier alpha value is -1.35. The number of nitrogens with zero attached hydrogens (tertiary/aromatic N) is 1. The molecule has 0 heterocycles. The average Bonchev–Trinajstić information content (AvgIpc) is 2.23. The van der Waals surface area contributed by atoms with E-state index >= 15 is 0 Å². The smallest absolute Gasteiger partial charge is 0.323 e. The average molecular weight is 281 g/mol. The van der Waals surface area contributed by atoms with Crippen LogP contribution in [0.25, 0.3) is 0 Å². The molecule has 0 aromatic carbocycles. The highest BCUT2D eigenvalue weighted by Crippen LogP contribution is 1.89. The fourth-order valence-electron chi connectivity index (χ4n) is 1.14. The molecular formula is C9H19N3O5S. The van der Waals surface area contributed by atoms with E-state index in [2.05, 4.69) is 10.0 Å². The molecule has 0 aliphatic carbocycles. The van der Waals surface area contributed by atoms with Gasteiger partial charge in [-0.25, -0.2) is 17.9 Å². The number of hydrogen-bond acceptors (Lipinski definition) is 4. The van der Waals surface area contributed by atoms with Crippen molar-refractivity contribution in [3.05, 3.63) is 0 Å². The first kappa shape index (κ1) is 16.6. The summed E-state index contributed by atoms with van der Waals surface area (Å²) >= 11 is 0. The maximum atomic E-state index is 11.5. The van der Waals surface area contributed by atoms with Gasteiger partial charge >= 0.3 is 12.0 Å². The van der Waals surface area contributed by atoms with E-state index in [1.807, 2.05) is 0 Å². The van der Waals surface area contributed by atoms with E-state index < -0.39 is 22.0 Å². The van der Waals surface area contributed by atoms with Crippen LogP contribution in [0.5, 0.6) is 0 Å². The SMILES string of the molecule is CCN(CC(=O)O)C(=O)NCCCNS(C)(=O)=O. The van der Waals surface area contributed by atoms with Gasteiger partial charge in [-0.15, -0.1) is 0 Å². The van der Waals surface area contributed by atoms with Gasteiger partial charge in [0.25, 0.3) is 0 Å². The number of aliphatic carboxylic acids is 1. The molecule has 0 spiro atoms. The van der Waals surface area contributed by atoms with Gasteiger partial charge < -0.3 is 15.3 Å². The standard InChI is InChI=1S/C9H19N3O5S/c1-3-12(7-8(13)14)9(15)10-5-4-6-11-18(2,16)17/h11H,3-7H2,1-2H3,(H,10,15)(H,13,14). The lowest BCUT2D eigenvalue weighted by Gasteiger charge is -2.19. The number of likely N-dealkylation sites (N-methyl/N-ethyl adjacent to an activating group) is 1. The lowest BCUT2D eigenvalue weighted by Crippen LogP contribution is -2.43. The van der Waals surface area contributed by atoms with Crippen molar-refractivity contribution in [3.63, 3.8) is 0 Å². The largest absolute Gasteiger partial charge is 0.480 e. The summed E-state index contributed by atoms with van der Waals surface area (Å²) in [6.45, 7) is 2.11. The Morgan fingerprint density at radius 2 is 1.89 bits per heavy atom. The predicted molar refractivity (Wildman–Crippen MR) is 65.7 cm³/mol. The van der Waals surface area contributed by atoms with Gasteiger partial charge in [-0.1, -0.05) is 0 Å². The van der Waals surface area contributed by atoms with Gasteiger partial charge in [-0.05, 0) is 13.3 Å². The number of amides is 2. The number of hydrogen-bond donors (Lipinski definition) is 3. The molecule has 0 bridgehead atoms. The van der Waals surface area contributed by atoms with E-state index in [0.29, 0.717) is 13.0 Å². The summed E-state index contributed by atoms with van der Waals surface area (Å²) in [4.78, 5) is 23.1. The van der Waals surface area contributed by atoms with Crippen LogP contribution in [0.1, 0.15) is 13.3 Å². The highest BCUT2D eigenvalue weighted by molar-refractivity contribution is 7.88. The van der Waals surface area contributed by atoms with E-state index in [-0.39, 0.29) is 19.6 Å². The zero-order valence-corrected chi connectivity index (χ0v) is 11.3. The number of sulfonamides is 1. The molecule has 0 aromatic rings. The molecule has 0 saturated carbocycles. The number of rotatable bonds is 8. The van der Waals surface area contributed by atoms with E-state index in [9.17, 15) is 18.0 Å². The molecule has 106 valence electrons. The summed E-state index contributed by atoms with van der Waals surface area (Å²) in [5, 5.41) is 11.1. The van der Waals surface area contributed by atoms with Gasteiger partial charge in [0.15, 0.2) is 0 Å². The normalized spacial score (nSPS) is 11.0. The van der Waals surface area contributed by atoms with E-state index in [0.717, 1.165) is 11.2 Å². The van der Waals surface area contributed by atoms with Crippen LogP contribution in [-0.4, -0.2) is 62.9 Å². The summed E-state index contributed by atoms with van der Waals surface area (Å²) in [7, 11) is -3.21. The van der Waals surface area contributed by atoms with Crippen molar-refractivity contribution in [2.45, 2.75) is 13.3 Å². The molecule has 0 radical (unpaired) electrons. The van der Waals surface area contributed by atoms with Crippen LogP contribution in [0.4, 0.5) is 4.79 Å². The maximum Gasteiger partial charge on any atom is 0.323 e. The molecule has 0 saturated heterocycles. The summed E-state index contributed by atoms with van der Waals surface area (Å²) in [6, 6.07) is -0.473. The number of carboxylic acid groups (broad SMARTS) is 1. The van der Waals surface area contributed by atoms with Crippen molar-refractivity contribution in [1.29, 1.82) is 0 Å². The van der Waals surface area contributed by atoms with Crippen LogP contribution in [0, 0.1) is 0 Å². The Labute approximate surface area is 106 Å². The van der Waals surface area contributed by atoms with Crippen LogP contribution in [0.3, 0.4) is 0 Å². The fraction of sp³-hybridized carbons (Fsp3) is 0.778. The number of nitrogens with one attached hydrogen (secondary N) is 2. The van der Waals surface area contributed by atoms with Crippen molar-refractivity contribution in [2.24, 2.45) is 0 Å². The molecule has 0 rings (SSSR count). The fourth-order valence-corrected chi connectivity index (χ4v) is 1.66. The van der Waals surface area contributed by atoms with Crippen LogP contribution in [0.15, 0.2) is 0 Å². The highest BCUT2D eigenvalue weighted by Gasteiger charge is 2.13. The molecule has 9 heteroatoms. The minimum atomic E-state index is -3.21. The molecule has 8 nitrogen and oxygen atoms in total. The molecule has 2 amide bonds. The van der Waals surface area contributed by atoms with Crippen LogP contribution >= 0.6 is 0 Å². The second-order valence-electron chi connectivity index (χ2n) is 3.66. The Balaban J connectivity index is 3.85. The summed E-state index contributed by atoms with van der Waals surface area (Å²) in [5.74, 6) is -1.08. The molecule has 0 unspecified atom stereocenters. The number of carbonyl (C=O) groups is 2. The number of carboxylic acids is 1. The lowest BCUT2D eigenvalue weighted by molar-refractivity contribution is -0.137. The Morgan fingerprint density at radius 3 is 2.33 bits per heavy atom. The topological polar surface area (TPSA) is 116 Å². The van der Waals surface area contributed by atoms with E-state index in [1.165, 1.54) is 0 Å². The third-order valence-corrected chi connectivity index (χ3v) is 2.72. The monoisotopic (exact) mass is 281 g/mol. The molecule has 0 aromatic heterocycles. The summed E-state index contributed by atoms with van der Waals surface area (Å²) < 4.78 is 23.7. The van der Waals surface area contributed by atoms with Crippen LogP contribution in [-0.2, 0) is 14.8 Å². The van der Waals surface area contributed by atoms with Crippen LogP contribution in [0.2, 0.25) is 0 Å². The van der Waals surface area contributed by atoms with Gasteiger partial charge in [0.05, 0.1) is 6.26 Å². The van der Waals surface area contributed by atoms with Crippen molar-refractivity contribution >= 4 is 22.0 Å². The molecule has 3 N–H and O–H groups in total. The Bertz CT molecular complexity index is 382. The van der Waals surface area contributed by atoms with Gasteiger partial charge in [-0.3, -0.25) is 4.79 Å². The summed E-state index contributed by atoms with van der Waals surface area (Å²) in [6.07, 6.45) is 1.49. The highest BCUT2D eigenvalue weighted by atomic mass is 32.2. The van der Waals surface area contributed by atoms with Gasteiger partial charge in [0, 0.05) is 19.6 Å². The van der Waals surface area contributed by atoms with E-state index in [1.54, 1.807) is 6.92 Å². The zero-order valence-electron chi connectivity index (χ0n) is 10.5.